The van der Waals surface area contributed by atoms with Crippen LogP contribution in [0, 0.1) is 0 Å². The van der Waals surface area contributed by atoms with E-state index in [4.69, 9.17) is 0 Å². The Hall–Kier alpha value is -2.93. The minimum Gasteiger partial charge on any atom is -0.507 e. The van der Waals surface area contributed by atoms with Crippen LogP contribution in [0.15, 0.2) is 42.7 Å². The van der Waals surface area contributed by atoms with Crippen molar-refractivity contribution in [2.45, 2.75) is 50.2 Å². The van der Waals surface area contributed by atoms with E-state index in [1.807, 2.05) is 24.3 Å². The number of aromatic amines is 1. The molecule has 4 heterocycles. The predicted octanol–water partition coefficient (Wildman–Crippen LogP) is 3.35. The Morgan fingerprint density at radius 3 is 2.52 bits per heavy atom. The number of phenolic OH excluding ortho intramolecular Hbond substituents is 1. The molecule has 0 amide bonds. The molecule has 2 saturated heterocycles. The van der Waals surface area contributed by atoms with Gasteiger partial charge in [0.05, 0.1) is 11.9 Å². The van der Waals surface area contributed by atoms with E-state index in [9.17, 15) is 5.11 Å². The first-order chi connectivity index (χ1) is 14.2. The normalized spacial score (nSPS) is 23.7. The number of rotatable bonds is 4. The third kappa shape index (κ3) is 3.58. The van der Waals surface area contributed by atoms with Gasteiger partial charge in [-0.1, -0.05) is 12.5 Å². The Kier molecular flexibility index (Phi) is 4.67. The van der Waals surface area contributed by atoms with Crippen molar-refractivity contribution in [2.24, 2.45) is 0 Å². The van der Waals surface area contributed by atoms with E-state index in [1.54, 1.807) is 18.5 Å². The number of hydrogen-bond acceptors (Lipinski definition) is 6. The molecule has 3 atom stereocenters. The van der Waals surface area contributed by atoms with Crippen molar-refractivity contribution in [2.75, 3.05) is 11.9 Å². The number of aromatic nitrogens is 4. The molecule has 2 fully saturated rings. The van der Waals surface area contributed by atoms with Gasteiger partial charge in [0.25, 0.3) is 0 Å². The van der Waals surface area contributed by atoms with Gasteiger partial charge in [0.1, 0.15) is 5.75 Å². The fourth-order valence-corrected chi connectivity index (χ4v) is 4.73. The van der Waals surface area contributed by atoms with Gasteiger partial charge in [-0.3, -0.25) is 5.10 Å². The number of fused-ring (bicyclic) bond motifs is 2. The molecule has 0 aliphatic carbocycles. The maximum absolute atomic E-state index is 10.5. The second-order valence-electron chi connectivity index (χ2n) is 8.22. The van der Waals surface area contributed by atoms with E-state index in [0.29, 0.717) is 29.4 Å². The fraction of sp³-hybridized carbons (Fsp3) is 0.409. The van der Waals surface area contributed by atoms with E-state index < -0.39 is 0 Å². The zero-order valence-corrected chi connectivity index (χ0v) is 16.5. The summed E-state index contributed by atoms with van der Waals surface area (Å²) in [6, 6.07) is 11.3. The van der Waals surface area contributed by atoms with Crippen LogP contribution in [0.5, 0.6) is 5.75 Å². The molecule has 0 spiro atoms. The predicted molar refractivity (Wildman–Crippen MR) is 113 cm³/mol. The number of anilines is 1. The molecule has 2 aliphatic rings. The van der Waals surface area contributed by atoms with E-state index in [1.165, 1.54) is 19.3 Å². The van der Waals surface area contributed by atoms with E-state index >= 15 is 0 Å². The zero-order valence-electron chi connectivity index (χ0n) is 16.5. The molecule has 3 N–H and O–H groups in total. The van der Waals surface area contributed by atoms with Crippen molar-refractivity contribution in [3.63, 3.8) is 0 Å². The molecule has 0 saturated carbocycles. The first-order valence-corrected chi connectivity index (χ1v) is 10.3. The van der Waals surface area contributed by atoms with Gasteiger partial charge in [0.15, 0.2) is 5.82 Å². The monoisotopic (exact) mass is 390 g/mol. The molecule has 29 heavy (non-hydrogen) atoms. The van der Waals surface area contributed by atoms with Gasteiger partial charge < -0.3 is 15.3 Å². The van der Waals surface area contributed by atoms with Gasteiger partial charge in [-0.2, -0.15) is 5.10 Å². The maximum Gasteiger partial charge on any atom is 0.151 e. The summed E-state index contributed by atoms with van der Waals surface area (Å²) in [6.07, 6.45) is 9.75. The first-order valence-electron chi connectivity index (χ1n) is 10.3. The lowest BCUT2D eigenvalue weighted by Crippen LogP contribution is -2.54. The fourth-order valence-electron chi connectivity index (χ4n) is 4.73. The Labute approximate surface area is 170 Å². The Morgan fingerprint density at radius 1 is 1.03 bits per heavy atom. The molecule has 7 nitrogen and oxygen atoms in total. The van der Waals surface area contributed by atoms with E-state index in [-0.39, 0.29) is 5.75 Å². The molecule has 3 aromatic rings. The van der Waals surface area contributed by atoms with Gasteiger partial charge in [-0.05, 0) is 55.5 Å². The van der Waals surface area contributed by atoms with Crippen LogP contribution in [0.1, 0.15) is 32.1 Å². The second kappa shape index (κ2) is 7.48. The topological polar surface area (TPSA) is 90.0 Å². The highest BCUT2D eigenvalue weighted by Gasteiger charge is 2.33. The summed E-state index contributed by atoms with van der Waals surface area (Å²) in [4.78, 5) is 2.27. The van der Waals surface area contributed by atoms with Gasteiger partial charge in [0.2, 0.25) is 0 Å². The summed E-state index contributed by atoms with van der Waals surface area (Å²) in [5.74, 6) is 1.07. The number of piperidine rings is 2. The number of phenols is 1. The van der Waals surface area contributed by atoms with Crippen LogP contribution >= 0.6 is 0 Å². The summed E-state index contributed by atoms with van der Waals surface area (Å²) >= 11 is 0. The molecule has 2 aromatic heterocycles. The van der Waals surface area contributed by atoms with Crippen molar-refractivity contribution in [3.05, 3.63) is 42.7 Å². The lowest BCUT2D eigenvalue weighted by Gasteiger charge is -2.43. The smallest absolute Gasteiger partial charge is 0.151 e. The summed E-state index contributed by atoms with van der Waals surface area (Å²) in [7, 11) is 2.12. The first kappa shape index (κ1) is 18.1. The number of nitrogens with zero attached hydrogens (tertiary/aromatic N) is 4. The number of hydrogen-bond donors (Lipinski definition) is 3. The van der Waals surface area contributed by atoms with Gasteiger partial charge in [0, 0.05) is 42.5 Å². The average Bonchev–Trinajstić information content (AvgIpc) is 3.28. The molecule has 5 rings (SSSR count). The number of nitrogens with one attached hydrogen (secondary N) is 2. The van der Waals surface area contributed by atoms with Crippen LogP contribution in [-0.4, -0.2) is 50.7 Å². The molecule has 0 radical (unpaired) electrons. The Balaban J connectivity index is 1.33. The summed E-state index contributed by atoms with van der Waals surface area (Å²) in [6.45, 7) is 0. The van der Waals surface area contributed by atoms with Crippen LogP contribution in [0.25, 0.3) is 22.4 Å². The lowest BCUT2D eigenvalue weighted by molar-refractivity contribution is 0.219. The zero-order chi connectivity index (χ0) is 19.8. The third-order valence-corrected chi connectivity index (χ3v) is 6.35. The largest absolute Gasteiger partial charge is 0.507 e. The van der Waals surface area contributed by atoms with Crippen LogP contribution in [0.4, 0.5) is 5.82 Å². The Morgan fingerprint density at radius 2 is 1.86 bits per heavy atom. The average molecular weight is 390 g/mol. The highest BCUT2D eigenvalue weighted by molar-refractivity contribution is 5.73. The maximum atomic E-state index is 10.5. The van der Waals surface area contributed by atoms with Crippen LogP contribution in [0.3, 0.4) is 0 Å². The van der Waals surface area contributed by atoms with Gasteiger partial charge in [-0.25, -0.2) is 0 Å². The van der Waals surface area contributed by atoms with Crippen molar-refractivity contribution < 1.29 is 5.11 Å². The number of H-pyrrole nitrogens is 1. The SMILES string of the molecule is CN(c1ccc(-c2ccc(-c3cn[nH]c3)cc2O)nn1)[C@H]1C[C@H]2CCC[C@@H](C1)N2. The van der Waals surface area contributed by atoms with E-state index in [2.05, 4.69) is 37.7 Å². The standard InChI is InChI=1S/C22H26N6O/c1-28(18-10-16-3-2-4-17(11-18)25-16)22-8-7-20(26-27-22)19-6-5-14(9-21(19)29)15-12-23-24-13-15/h5-9,12-13,16-18,25,29H,2-4,10-11H2,1H3,(H,23,24)/t16-,17+,18+. The molecule has 1 aromatic carbocycles. The van der Waals surface area contributed by atoms with Gasteiger partial charge in [-0.15, -0.1) is 10.2 Å². The number of benzene rings is 1. The van der Waals surface area contributed by atoms with Crippen molar-refractivity contribution in [3.8, 4) is 28.1 Å². The molecule has 2 bridgehead atoms. The highest BCUT2D eigenvalue weighted by Crippen LogP contribution is 2.33. The minimum absolute atomic E-state index is 0.185. The summed E-state index contributed by atoms with van der Waals surface area (Å²) in [5.41, 5.74) is 3.18. The van der Waals surface area contributed by atoms with Crippen LogP contribution in [-0.2, 0) is 0 Å². The Bertz CT molecular complexity index is 959. The minimum atomic E-state index is 0.185. The summed E-state index contributed by atoms with van der Waals surface area (Å²) in [5, 5.41) is 29.9. The highest BCUT2D eigenvalue weighted by atomic mass is 16.3. The third-order valence-electron chi connectivity index (χ3n) is 6.35. The molecular weight excluding hydrogens is 364 g/mol. The van der Waals surface area contributed by atoms with E-state index in [0.717, 1.165) is 29.8 Å². The second-order valence-corrected chi connectivity index (χ2v) is 8.22. The van der Waals surface area contributed by atoms with Crippen molar-refractivity contribution >= 4 is 5.82 Å². The number of aromatic hydroxyl groups is 1. The van der Waals surface area contributed by atoms with Crippen LogP contribution < -0.4 is 10.2 Å². The van der Waals surface area contributed by atoms with Gasteiger partial charge >= 0.3 is 0 Å². The molecule has 150 valence electrons. The molecule has 0 unspecified atom stereocenters. The molecular formula is C22H26N6O. The van der Waals surface area contributed by atoms with Crippen LogP contribution in [0.2, 0.25) is 0 Å². The van der Waals surface area contributed by atoms with Crippen molar-refractivity contribution in [1.29, 1.82) is 0 Å². The molecule has 2 aliphatic heterocycles. The quantitative estimate of drug-likeness (QED) is 0.633. The lowest BCUT2D eigenvalue weighted by atomic mass is 9.83. The molecule has 7 heteroatoms. The summed E-state index contributed by atoms with van der Waals surface area (Å²) < 4.78 is 0. The van der Waals surface area contributed by atoms with Crippen molar-refractivity contribution in [1.82, 2.24) is 25.7 Å².